The zero-order valence-electron chi connectivity index (χ0n) is 11.5. The van der Waals surface area contributed by atoms with Crippen molar-refractivity contribution >= 4 is 11.9 Å². The quantitative estimate of drug-likeness (QED) is 0.686. The Morgan fingerprint density at radius 2 is 1.59 bits per heavy atom. The Labute approximate surface area is 103 Å². The number of amides is 3. The topological polar surface area (TPSA) is 70.2 Å². The summed E-state index contributed by atoms with van der Waals surface area (Å²) in [5, 5.41) is 7.89. The van der Waals surface area contributed by atoms with Crippen LogP contribution in [0.25, 0.3) is 0 Å². The molecule has 1 saturated carbocycles. The number of hydrogen-bond donors (Lipinski definition) is 3. The molecule has 1 unspecified atom stereocenters. The first-order valence-electron chi connectivity index (χ1n) is 5.93. The van der Waals surface area contributed by atoms with Crippen molar-refractivity contribution < 1.29 is 9.59 Å². The molecule has 5 heteroatoms. The first-order chi connectivity index (χ1) is 7.64. The summed E-state index contributed by atoms with van der Waals surface area (Å²) >= 11 is 0. The fraction of sp³-hybridized carbons (Fsp3) is 0.833. The zero-order valence-corrected chi connectivity index (χ0v) is 11.5. The van der Waals surface area contributed by atoms with Crippen molar-refractivity contribution in [2.75, 3.05) is 7.05 Å². The van der Waals surface area contributed by atoms with Crippen LogP contribution in [0.4, 0.5) is 4.79 Å². The van der Waals surface area contributed by atoms with Crippen LogP contribution in [0.2, 0.25) is 0 Å². The van der Waals surface area contributed by atoms with Crippen molar-refractivity contribution in [1.29, 1.82) is 0 Å². The second kappa shape index (κ2) is 4.29. The number of nitrogens with one attached hydrogen (secondary N) is 3. The molecular formula is C12H23N3O2. The molecule has 0 radical (unpaired) electrons. The molecule has 0 bridgehead atoms. The van der Waals surface area contributed by atoms with Crippen LogP contribution in [0.1, 0.15) is 34.6 Å². The van der Waals surface area contributed by atoms with Gasteiger partial charge in [0.05, 0.1) is 6.04 Å². The molecule has 0 aromatic carbocycles. The van der Waals surface area contributed by atoms with Gasteiger partial charge in [-0.1, -0.05) is 27.7 Å². The van der Waals surface area contributed by atoms with E-state index in [-0.39, 0.29) is 22.8 Å². The zero-order chi connectivity index (χ0) is 13.4. The highest BCUT2D eigenvalue weighted by Gasteiger charge is 2.65. The second-order valence-corrected chi connectivity index (χ2v) is 5.83. The third kappa shape index (κ3) is 2.44. The predicted octanol–water partition coefficient (Wildman–Crippen LogP) is 0.855. The van der Waals surface area contributed by atoms with E-state index >= 15 is 0 Å². The normalized spacial score (nSPS) is 22.7. The van der Waals surface area contributed by atoms with Crippen LogP contribution in [0.5, 0.6) is 0 Å². The summed E-state index contributed by atoms with van der Waals surface area (Å²) in [6.07, 6.45) is 0. The van der Waals surface area contributed by atoms with Crippen molar-refractivity contribution in [3.05, 3.63) is 0 Å². The van der Waals surface area contributed by atoms with Gasteiger partial charge < -0.3 is 10.6 Å². The summed E-state index contributed by atoms with van der Waals surface area (Å²) in [6, 6.07) is -0.559. The summed E-state index contributed by atoms with van der Waals surface area (Å²) in [5.74, 6) is -0.303. The summed E-state index contributed by atoms with van der Waals surface area (Å²) in [6.45, 7) is 10.5. The van der Waals surface area contributed by atoms with Gasteiger partial charge in [-0.25, -0.2) is 4.79 Å². The molecule has 0 aliphatic heterocycles. The van der Waals surface area contributed by atoms with Crippen LogP contribution >= 0.6 is 0 Å². The van der Waals surface area contributed by atoms with E-state index in [9.17, 15) is 9.59 Å². The molecule has 0 aromatic rings. The first kappa shape index (κ1) is 14.0. The van der Waals surface area contributed by atoms with Gasteiger partial charge in [0.15, 0.2) is 0 Å². The fourth-order valence-corrected chi connectivity index (χ4v) is 2.22. The van der Waals surface area contributed by atoms with Crippen LogP contribution < -0.4 is 16.0 Å². The van der Waals surface area contributed by atoms with Gasteiger partial charge in [-0.15, -0.1) is 0 Å². The Hall–Kier alpha value is -1.10. The highest BCUT2D eigenvalue weighted by Crippen LogP contribution is 2.62. The predicted molar refractivity (Wildman–Crippen MR) is 66.5 cm³/mol. The molecule has 0 spiro atoms. The average Bonchev–Trinajstić information content (AvgIpc) is 2.60. The minimum absolute atomic E-state index is 0.175. The molecule has 5 nitrogen and oxygen atoms in total. The first-order valence-corrected chi connectivity index (χ1v) is 5.93. The van der Waals surface area contributed by atoms with Gasteiger partial charge in [0, 0.05) is 13.1 Å². The van der Waals surface area contributed by atoms with Crippen molar-refractivity contribution in [3.8, 4) is 0 Å². The van der Waals surface area contributed by atoms with Gasteiger partial charge in [0.25, 0.3) is 0 Å². The molecule has 1 atom stereocenters. The molecule has 17 heavy (non-hydrogen) atoms. The molecule has 98 valence electrons. The van der Waals surface area contributed by atoms with Gasteiger partial charge in [0.2, 0.25) is 5.91 Å². The fourth-order valence-electron chi connectivity index (χ4n) is 2.22. The van der Waals surface area contributed by atoms with Crippen LogP contribution in [0, 0.1) is 10.8 Å². The SMILES string of the molecule is CNC(=O)NC(=O)C(C)NC1C(C)(C)C1(C)C. The third-order valence-corrected chi connectivity index (χ3v) is 4.29. The van der Waals surface area contributed by atoms with Gasteiger partial charge >= 0.3 is 6.03 Å². The van der Waals surface area contributed by atoms with Gasteiger partial charge in [-0.05, 0) is 17.8 Å². The molecule has 0 heterocycles. The maximum absolute atomic E-state index is 11.7. The Balaban J connectivity index is 2.49. The van der Waals surface area contributed by atoms with E-state index in [0.29, 0.717) is 6.04 Å². The smallest absolute Gasteiger partial charge is 0.321 e. The monoisotopic (exact) mass is 241 g/mol. The Kier molecular flexibility index (Phi) is 3.52. The van der Waals surface area contributed by atoms with E-state index in [0.717, 1.165) is 0 Å². The largest absolute Gasteiger partial charge is 0.341 e. The third-order valence-electron chi connectivity index (χ3n) is 4.29. The highest BCUT2D eigenvalue weighted by molar-refractivity contribution is 5.96. The molecule has 0 saturated heterocycles. The van der Waals surface area contributed by atoms with E-state index in [1.54, 1.807) is 6.92 Å². The number of carbonyl (C=O) groups is 2. The summed E-state index contributed by atoms with van der Waals surface area (Å²) in [7, 11) is 1.48. The number of urea groups is 1. The van der Waals surface area contributed by atoms with E-state index in [1.807, 2.05) is 0 Å². The second-order valence-electron chi connectivity index (χ2n) is 5.83. The molecule has 0 aromatic heterocycles. The molecular weight excluding hydrogens is 218 g/mol. The van der Waals surface area contributed by atoms with E-state index < -0.39 is 6.03 Å². The van der Waals surface area contributed by atoms with Crippen LogP contribution in [-0.2, 0) is 4.79 Å². The Morgan fingerprint density at radius 3 is 1.94 bits per heavy atom. The lowest BCUT2D eigenvalue weighted by molar-refractivity contribution is -0.121. The number of hydrogen-bond acceptors (Lipinski definition) is 3. The van der Waals surface area contributed by atoms with Crippen LogP contribution in [-0.4, -0.2) is 31.1 Å². The highest BCUT2D eigenvalue weighted by atomic mass is 16.2. The molecule has 1 aliphatic rings. The summed E-state index contributed by atoms with van der Waals surface area (Å²) in [5.41, 5.74) is 0.350. The van der Waals surface area contributed by atoms with Crippen LogP contribution in [0.3, 0.4) is 0 Å². The number of imide groups is 1. The van der Waals surface area contributed by atoms with Crippen molar-refractivity contribution in [1.82, 2.24) is 16.0 Å². The van der Waals surface area contributed by atoms with Gasteiger partial charge in [-0.3, -0.25) is 10.1 Å². The summed E-state index contributed by atoms with van der Waals surface area (Å²) in [4.78, 5) is 22.7. The van der Waals surface area contributed by atoms with E-state index in [1.165, 1.54) is 7.05 Å². The molecule has 1 fully saturated rings. The van der Waals surface area contributed by atoms with E-state index in [4.69, 9.17) is 0 Å². The van der Waals surface area contributed by atoms with E-state index in [2.05, 4.69) is 43.6 Å². The number of carbonyl (C=O) groups excluding carboxylic acids is 2. The standard InChI is InChI=1S/C12H23N3O2/c1-7(8(16)15-10(17)13-6)14-9-11(2,3)12(9,4)5/h7,9,14H,1-6H3,(H2,13,15,16,17). The summed E-state index contributed by atoms with van der Waals surface area (Å²) < 4.78 is 0. The van der Waals surface area contributed by atoms with Crippen molar-refractivity contribution in [2.24, 2.45) is 10.8 Å². The minimum atomic E-state index is -0.474. The Bertz CT molecular complexity index is 323. The molecule has 1 aliphatic carbocycles. The molecule has 3 amide bonds. The molecule has 3 N–H and O–H groups in total. The lowest BCUT2D eigenvalue weighted by Crippen LogP contribution is -2.48. The lowest BCUT2D eigenvalue weighted by atomic mass is 10.0. The maximum Gasteiger partial charge on any atom is 0.321 e. The van der Waals surface area contributed by atoms with Crippen LogP contribution in [0.15, 0.2) is 0 Å². The van der Waals surface area contributed by atoms with Gasteiger partial charge in [0.1, 0.15) is 0 Å². The maximum atomic E-state index is 11.7. The minimum Gasteiger partial charge on any atom is -0.341 e. The average molecular weight is 241 g/mol. The Morgan fingerprint density at radius 1 is 1.12 bits per heavy atom. The van der Waals surface area contributed by atoms with Crippen molar-refractivity contribution in [3.63, 3.8) is 0 Å². The van der Waals surface area contributed by atoms with Crippen molar-refractivity contribution in [2.45, 2.75) is 46.7 Å². The lowest BCUT2D eigenvalue weighted by Gasteiger charge is -2.14. The molecule has 1 rings (SSSR count). The van der Waals surface area contributed by atoms with Gasteiger partial charge in [-0.2, -0.15) is 0 Å². The number of rotatable bonds is 3.